The van der Waals surface area contributed by atoms with Crippen LogP contribution in [0.15, 0.2) is 200 Å². The molecule has 0 saturated carbocycles. The summed E-state index contributed by atoms with van der Waals surface area (Å²) < 4.78 is 0. The van der Waals surface area contributed by atoms with E-state index in [1.54, 1.807) is 0 Å². The molecule has 9 aromatic carbocycles. The van der Waals surface area contributed by atoms with Crippen LogP contribution in [0.2, 0.25) is 0 Å². The van der Waals surface area contributed by atoms with E-state index in [1.165, 1.54) is 83.9 Å². The highest BCUT2D eigenvalue weighted by molar-refractivity contribution is 7.00. The Bertz CT molecular complexity index is 3730. The summed E-state index contributed by atoms with van der Waals surface area (Å²) in [7, 11) is 0. The smallest absolute Gasteiger partial charge is 0.252 e. The van der Waals surface area contributed by atoms with Gasteiger partial charge in [-0.2, -0.15) is 0 Å². The van der Waals surface area contributed by atoms with Crippen molar-refractivity contribution >= 4 is 91.3 Å². The standard InChI is InChI=1S/C73H73BN4/c1-48-39-49(69(2,3)4)33-38-63(48)78-64-41-55(75(50-25-17-13-18-26-50)51-27-19-14-20-28-51)35-37-61(64)74-62-44-59-60(73(11,12)47-72(59,9)10)45-65(62)77(54-34-36-57-58(40-54)71(7,8)46-70(57,5)6)66-42-56(43-67(78)68(66)74)76(52-29-21-15-22-30-52)53-31-23-16-24-32-53/h13-45H,46-47H2,1-12H3. The van der Waals surface area contributed by atoms with Gasteiger partial charge >= 0.3 is 0 Å². The molecule has 4 aliphatic rings. The van der Waals surface area contributed by atoms with Crippen LogP contribution < -0.4 is 36.0 Å². The van der Waals surface area contributed by atoms with E-state index in [1.807, 2.05) is 0 Å². The Morgan fingerprint density at radius 3 is 1.33 bits per heavy atom. The molecule has 0 N–H and O–H groups in total. The number of para-hydroxylation sites is 4. The molecule has 388 valence electrons. The third kappa shape index (κ3) is 7.93. The number of hydrogen-bond acceptors (Lipinski definition) is 4. The fraction of sp³-hybridized carbons (Fsp3) is 0.260. The minimum atomic E-state index is -0.0804. The van der Waals surface area contributed by atoms with Crippen molar-refractivity contribution in [2.75, 3.05) is 19.6 Å². The third-order valence-electron chi connectivity index (χ3n) is 18.0. The zero-order valence-corrected chi connectivity index (χ0v) is 47.8. The van der Waals surface area contributed by atoms with Gasteiger partial charge in [0.15, 0.2) is 0 Å². The second-order valence-electron chi connectivity index (χ2n) is 26.6. The van der Waals surface area contributed by atoms with Gasteiger partial charge in [-0.3, -0.25) is 0 Å². The Kier molecular flexibility index (Phi) is 11.3. The number of aryl methyl sites for hydroxylation is 1. The van der Waals surface area contributed by atoms with Crippen molar-refractivity contribution in [2.45, 2.75) is 123 Å². The highest BCUT2D eigenvalue weighted by atomic mass is 15.2. The highest BCUT2D eigenvalue weighted by Gasteiger charge is 2.49. The SMILES string of the molecule is Cc1cc(C(C)(C)C)ccc1N1c2cc(N(c3ccccc3)c3ccccc3)ccc2B2c3cc4c(cc3N(c3ccc5c(c3)C(C)(C)CC5(C)C)c3cc(N(c5ccccc5)c5ccccc5)cc1c32)C(C)(C)CC4(C)C. The lowest BCUT2D eigenvalue weighted by molar-refractivity contribution is 0.403. The van der Waals surface area contributed by atoms with Crippen LogP contribution in [0.3, 0.4) is 0 Å². The molecule has 9 aromatic rings. The fourth-order valence-electron chi connectivity index (χ4n) is 14.9. The third-order valence-corrected chi connectivity index (χ3v) is 18.0. The van der Waals surface area contributed by atoms with Crippen LogP contribution in [0, 0.1) is 6.92 Å². The van der Waals surface area contributed by atoms with Crippen LogP contribution >= 0.6 is 0 Å². The van der Waals surface area contributed by atoms with Crippen molar-refractivity contribution in [3.63, 3.8) is 0 Å². The molecule has 0 amide bonds. The number of benzene rings is 9. The van der Waals surface area contributed by atoms with E-state index in [4.69, 9.17) is 0 Å². The normalized spacial score (nSPS) is 16.7. The Morgan fingerprint density at radius 2 is 0.821 bits per heavy atom. The lowest BCUT2D eigenvalue weighted by Crippen LogP contribution is -2.61. The van der Waals surface area contributed by atoms with Crippen LogP contribution in [-0.4, -0.2) is 6.71 Å². The summed E-state index contributed by atoms with van der Waals surface area (Å²) in [6.45, 7) is 28.9. The molecule has 0 saturated heterocycles. The Balaban J connectivity index is 1.18. The minimum absolute atomic E-state index is 0.00806. The summed E-state index contributed by atoms with van der Waals surface area (Å²) in [6, 6.07) is 76.0. The first-order chi connectivity index (χ1) is 37.2. The van der Waals surface area contributed by atoms with Crippen LogP contribution in [0.5, 0.6) is 0 Å². The van der Waals surface area contributed by atoms with Crippen molar-refractivity contribution in [1.29, 1.82) is 0 Å². The lowest BCUT2D eigenvalue weighted by atomic mass is 9.33. The fourth-order valence-corrected chi connectivity index (χ4v) is 14.9. The quantitative estimate of drug-likeness (QED) is 0.141. The zero-order valence-electron chi connectivity index (χ0n) is 47.8. The predicted molar refractivity (Wildman–Crippen MR) is 335 cm³/mol. The van der Waals surface area contributed by atoms with Gasteiger partial charge in [0.05, 0.1) is 5.69 Å². The van der Waals surface area contributed by atoms with E-state index >= 15 is 0 Å². The molecule has 0 aromatic heterocycles. The van der Waals surface area contributed by atoms with Crippen molar-refractivity contribution in [3.8, 4) is 0 Å². The van der Waals surface area contributed by atoms with E-state index in [-0.39, 0.29) is 33.8 Å². The molecule has 78 heavy (non-hydrogen) atoms. The molecule has 0 spiro atoms. The number of anilines is 12. The first-order valence-electron chi connectivity index (χ1n) is 28.4. The summed E-state index contributed by atoms with van der Waals surface area (Å²) in [5, 5.41) is 0. The maximum absolute atomic E-state index is 2.69. The summed E-state index contributed by atoms with van der Waals surface area (Å²) in [5.41, 5.74) is 26.3. The number of hydrogen-bond donors (Lipinski definition) is 0. The first kappa shape index (κ1) is 49.8. The summed E-state index contributed by atoms with van der Waals surface area (Å²) >= 11 is 0. The number of rotatable bonds is 8. The van der Waals surface area contributed by atoms with E-state index in [9.17, 15) is 0 Å². The summed E-state index contributed by atoms with van der Waals surface area (Å²) in [6.07, 6.45) is 2.19. The topological polar surface area (TPSA) is 13.0 Å². The molecule has 5 heteroatoms. The van der Waals surface area contributed by atoms with E-state index < -0.39 is 0 Å². The van der Waals surface area contributed by atoms with Gasteiger partial charge in [0.1, 0.15) is 0 Å². The summed E-state index contributed by atoms with van der Waals surface area (Å²) in [4.78, 5) is 10.2. The van der Waals surface area contributed by atoms with Crippen molar-refractivity contribution in [1.82, 2.24) is 0 Å². The van der Waals surface area contributed by atoms with Crippen LogP contribution in [0.25, 0.3) is 0 Å². The van der Waals surface area contributed by atoms with Crippen LogP contribution in [0.4, 0.5) is 68.2 Å². The zero-order chi connectivity index (χ0) is 54.3. The Labute approximate surface area is 465 Å². The second-order valence-corrected chi connectivity index (χ2v) is 26.6. The maximum Gasteiger partial charge on any atom is 0.252 e. The van der Waals surface area contributed by atoms with Gasteiger partial charge in [-0.25, -0.2) is 0 Å². The van der Waals surface area contributed by atoms with E-state index in [0.29, 0.717) is 0 Å². The second kappa shape index (κ2) is 17.6. The van der Waals surface area contributed by atoms with Crippen molar-refractivity contribution in [2.24, 2.45) is 0 Å². The van der Waals surface area contributed by atoms with Gasteiger partial charge in [0.25, 0.3) is 6.71 Å². The van der Waals surface area contributed by atoms with Crippen LogP contribution in [-0.2, 0) is 27.1 Å². The maximum atomic E-state index is 2.69. The Morgan fingerprint density at radius 1 is 0.372 bits per heavy atom. The molecular formula is C73H73BN4. The molecule has 2 heterocycles. The lowest BCUT2D eigenvalue weighted by Gasteiger charge is -2.46. The van der Waals surface area contributed by atoms with Crippen molar-refractivity contribution < 1.29 is 0 Å². The average molecular weight is 1020 g/mol. The molecule has 0 bridgehead atoms. The Hall–Kier alpha value is -7.76. The van der Waals surface area contributed by atoms with Gasteiger partial charge in [0.2, 0.25) is 0 Å². The van der Waals surface area contributed by atoms with Crippen LogP contribution in [0.1, 0.15) is 122 Å². The molecule has 0 radical (unpaired) electrons. The molecule has 2 aliphatic carbocycles. The molecule has 2 aliphatic heterocycles. The van der Waals surface area contributed by atoms with Gasteiger partial charge in [-0.05, 0) is 194 Å². The largest absolute Gasteiger partial charge is 0.311 e. The van der Waals surface area contributed by atoms with E-state index in [2.05, 4.69) is 303 Å². The molecule has 13 rings (SSSR count). The van der Waals surface area contributed by atoms with Gasteiger partial charge in [-0.1, -0.05) is 179 Å². The number of fused-ring (bicyclic) bond motifs is 6. The van der Waals surface area contributed by atoms with E-state index in [0.717, 1.165) is 47.0 Å². The van der Waals surface area contributed by atoms with Gasteiger partial charge < -0.3 is 19.6 Å². The predicted octanol–water partition coefficient (Wildman–Crippen LogP) is 18.2. The van der Waals surface area contributed by atoms with Gasteiger partial charge in [-0.15, -0.1) is 0 Å². The molecule has 0 unspecified atom stereocenters. The minimum Gasteiger partial charge on any atom is -0.311 e. The monoisotopic (exact) mass is 1020 g/mol. The molecule has 0 fully saturated rings. The first-order valence-corrected chi connectivity index (χ1v) is 28.4. The number of nitrogens with zero attached hydrogens (tertiary/aromatic N) is 4. The van der Waals surface area contributed by atoms with Crippen molar-refractivity contribution in [3.05, 3.63) is 234 Å². The molecule has 4 nitrogen and oxygen atoms in total. The molecular weight excluding hydrogens is 944 g/mol. The van der Waals surface area contributed by atoms with Gasteiger partial charge in [0, 0.05) is 62.6 Å². The highest BCUT2D eigenvalue weighted by Crippen LogP contribution is 2.56. The average Bonchev–Trinajstić information content (AvgIpc) is 3.90. The summed E-state index contributed by atoms with van der Waals surface area (Å²) in [5.74, 6) is 0. The molecule has 0 atom stereocenters.